The van der Waals surface area contributed by atoms with Crippen molar-refractivity contribution >= 4 is 50.9 Å². The maximum Gasteiger partial charge on any atom is 0.305 e. The topological polar surface area (TPSA) is 97.6 Å². The number of ether oxygens (including phenoxy) is 1. The Hall–Kier alpha value is -4.62. The van der Waals surface area contributed by atoms with Crippen LogP contribution in [0.2, 0.25) is 5.02 Å². The van der Waals surface area contributed by atoms with E-state index in [0.29, 0.717) is 28.6 Å². The number of nitrogens with zero attached hydrogens (tertiary/aromatic N) is 1. The van der Waals surface area contributed by atoms with E-state index in [9.17, 15) is 14.4 Å². The molecule has 6 rings (SSSR count). The van der Waals surface area contributed by atoms with Crippen LogP contribution in [0.4, 0.5) is 0 Å². The molecule has 1 unspecified atom stereocenters. The van der Waals surface area contributed by atoms with E-state index >= 15 is 0 Å². The van der Waals surface area contributed by atoms with Gasteiger partial charge < -0.3 is 19.7 Å². The van der Waals surface area contributed by atoms with E-state index in [1.54, 1.807) is 19.2 Å². The molecule has 4 aromatic carbocycles. The molecule has 7 nitrogen and oxygen atoms in total. The van der Waals surface area contributed by atoms with Gasteiger partial charge in [0, 0.05) is 34.1 Å². The minimum atomic E-state index is -0.963. The van der Waals surface area contributed by atoms with E-state index in [1.165, 1.54) is 0 Å². The Kier molecular flexibility index (Phi) is 8.40. The van der Waals surface area contributed by atoms with Crippen molar-refractivity contribution < 1.29 is 24.2 Å². The van der Waals surface area contributed by atoms with Crippen LogP contribution in [-0.4, -0.2) is 41.0 Å². The van der Waals surface area contributed by atoms with E-state index in [-0.39, 0.29) is 30.6 Å². The molecule has 1 aromatic heterocycles. The zero-order chi connectivity index (χ0) is 30.8. The van der Waals surface area contributed by atoms with Crippen LogP contribution in [0.25, 0.3) is 27.4 Å². The highest BCUT2D eigenvalue weighted by molar-refractivity contribution is 6.31. The van der Waals surface area contributed by atoms with Gasteiger partial charge in [0.1, 0.15) is 5.75 Å². The lowest BCUT2D eigenvalue weighted by Crippen LogP contribution is -2.26. The van der Waals surface area contributed by atoms with E-state index in [4.69, 9.17) is 21.4 Å². The number of amides is 1. The Morgan fingerprint density at radius 3 is 2.41 bits per heavy atom. The average molecular weight is 609 g/mol. The summed E-state index contributed by atoms with van der Waals surface area (Å²) < 4.78 is 7.44. The molecule has 1 aliphatic carbocycles. The number of aliphatic carboxylic acids is 1. The number of carbonyl (C=O) groups is 3. The van der Waals surface area contributed by atoms with Gasteiger partial charge in [-0.25, -0.2) is 0 Å². The van der Waals surface area contributed by atoms with Gasteiger partial charge in [-0.1, -0.05) is 48.7 Å². The molecule has 0 bridgehead atoms. The molecule has 8 heteroatoms. The Morgan fingerprint density at radius 1 is 0.932 bits per heavy atom. The molecule has 1 saturated carbocycles. The van der Waals surface area contributed by atoms with E-state index in [1.807, 2.05) is 71.3 Å². The number of hydrogen-bond donors (Lipinski definition) is 2. The van der Waals surface area contributed by atoms with Crippen molar-refractivity contribution in [2.24, 2.45) is 11.8 Å². The number of fused-ring (bicyclic) bond motifs is 2. The molecule has 1 fully saturated rings. The molecule has 0 radical (unpaired) electrons. The number of Topliss-reactive ketones (excluding diaryl/α,β-unsaturated/α-hetero) is 1. The molecule has 1 heterocycles. The molecule has 2 N–H and O–H groups in total. The maximum atomic E-state index is 14.5. The molecule has 44 heavy (non-hydrogen) atoms. The fourth-order valence-corrected chi connectivity index (χ4v) is 6.01. The first-order valence-corrected chi connectivity index (χ1v) is 15.2. The predicted octanol–water partition coefficient (Wildman–Crippen LogP) is 7.49. The van der Waals surface area contributed by atoms with Gasteiger partial charge >= 0.3 is 5.97 Å². The van der Waals surface area contributed by atoms with Crippen molar-refractivity contribution in [3.8, 4) is 11.4 Å². The Labute approximate surface area is 260 Å². The number of halogens is 1. The van der Waals surface area contributed by atoms with Gasteiger partial charge in [0.2, 0.25) is 0 Å². The first-order chi connectivity index (χ1) is 21.3. The average Bonchev–Trinajstić information content (AvgIpc) is 3.77. The van der Waals surface area contributed by atoms with Crippen LogP contribution in [0.15, 0.2) is 84.9 Å². The highest BCUT2D eigenvalue weighted by atomic mass is 35.5. The molecule has 5 aromatic rings. The van der Waals surface area contributed by atoms with Crippen molar-refractivity contribution in [3.63, 3.8) is 0 Å². The summed E-state index contributed by atoms with van der Waals surface area (Å²) in [5, 5.41) is 15.0. The summed E-state index contributed by atoms with van der Waals surface area (Å²) in [6.07, 6.45) is 3.48. The van der Waals surface area contributed by atoms with Crippen molar-refractivity contribution in [3.05, 3.63) is 107 Å². The van der Waals surface area contributed by atoms with Crippen LogP contribution in [0.5, 0.6) is 5.75 Å². The monoisotopic (exact) mass is 608 g/mol. The van der Waals surface area contributed by atoms with Gasteiger partial charge in [-0.15, -0.1) is 0 Å². The molecule has 0 saturated heterocycles. The van der Waals surface area contributed by atoms with Gasteiger partial charge in [-0.05, 0) is 95.8 Å². The van der Waals surface area contributed by atoms with Crippen LogP contribution in [0.3, 0.4) is 0 Å². The lowest BCUT2D eigenvalue weighted by atomic mass is 9.88. The normalized spacial score (nSPS) is 13.6. The Morgan fingerprint density at radius 2 is 1.68 bits per heavy atom. The summed E-state index contributed by atoms with van der Waals surface area (Å²) in [6.45, 7) is 0.0680. The van der Waals surface area contributed by atoms with Crippen LogP contribution >= 0.6 is 11.6 Å². The van der Waals surface area contributed by atoms with E-state index in [2.05, 4.69) is 11.4 Å². The molecule has 0 aliphatic heterocycles. The van der Waals surface area contributed by atoms with Gasteiger partial charge in [0.05, 0.1) is 24.7 Å². The second-order valence-corrected chi connectivity index (χ2v) is 11.9. The number of aromatic nitrogens is 1. The number of benzene rings is 4. The molecular formula is C36H33ClN2O5. The van der Waals surface area contributed by atoms with Crippen molar-refractivity contribution in [2.45, 2.75) is 32.1 Å². The predicted molar refractivity (Wildman–Crippen MR) is 172 cm³/mol. The maximum absolute atomic E-state index is 14.5. The lowest BCUT2D eigenvalue weighted by molar-refractivity contribution is -0.136. The number of nitrogens with one attached hydrogen (secondary N) is 1. The van der Waals surface area contributed by atoms with Gasteiger partial charge in [-0.2, -0.15) is 0 Å². The summed E-state index contributed by atoms with van der Waals surface area (Å²) in [5.41, 5.74) is 3.85. The molecule has 1 atom stereocenters. The van der Waals surface area contributed by atoms with Crippen LogP contribution in [0, 0.1) is 11.8 Å². The molecule has 224 valence electrons. The molecule has 1 amide bonds. The highest BCUT2D eigenvalue weighted by Crippen LogP contribution is 2.38. The van der Waals surface area contributed by atoms with Crippen LogP contribution < -0.4 is 10.1 Å². The minimum absolute atomic E-state index is 0.0680. The molecule has 0 spiro atoms. The summed E-state index contributed by atoms with van der Waals surface area (Å²) >= 11 is 6.38. The molecule has 1 aliphatic rings. The summed E-state index contributed by atoms with van der Waals surface area (Å²) in [5.74, 6) is -0.116. The van der Waals surface area contributed by atoms with E-state index < -0.39 is 5.97 Å². The fourth-order valence-electron chi connectivity index (χ4n) is 5.83. The Balaban J connectivity index is 1.32. The number of ketones is 1. The summed E-state index contributed by atoms with van der Waals surface area (Å²) in [4.78, 5) is 37.7. The number of carboxylic acids is 1. The first-order valence-electron chi connectivity index (χ1n) is 14.8. The lowest BCUT2D eigenvalue weighted by Gasteiger charge is -2.18. The molecular weight excluding hydrogens is 576 g/mol. The zero-order valence-corrected chi connectivity index (χ0v) is 25.1. The highest BCUT2D eigenvalue weighted by Gasteiger charge is 2.32. The first kappa shape index (κ1) is 29.5. The summed E-state index contributed by atoms with van der Waals surface area (Å²) in [7, 11) is 1.65. The summed E-state index contributed by atoms with van der Waals surface area (Å²) in [6, 6.07) is 27.0. The van der Waals surface area contributed by atoms with Crippen LogP contribution in [-0.2, 0) is 11.2 Å². The van der Waals surface area contributed by atoms with Crippen molar-refractivity contribution in [1.82, 2.24) is 9.88 Å². The van der Waals surface area contributed by atoms with Gasteiger partial charge in [0.15, 0.2) is 5.78 Å². The minimum Gasteiger partial charge on any atom is -0.497 e. The Bertz CT molecular complexity index is 1870. The number of carbonyl (C=O) groups excluding carboxylic acids is 2. The third kappa shape index (κ3) is 6.48. The number of methoxy groups -OCH3 is 1. The number of rotatable bonds is 12. The van der Waals surface area contributed by atoms with Crippen molar-refractivity contribution in [2.75, 3.05) is 13.7 Å². The smallest absolute Gasteiger partial charge is 0.305 e. The number of hydrogen-bond acceptors (Lipinski definition) is 4. The fraction of sp³-hybridized carbons (Fsp3) is 0.250. The third-order valence-corrected chi connectivity index (χ3v) is 8.55. The second-order valence-electron chi connectivity index (χ2n) is 11.5. The zero-order valence-electron chi connectivity index (χ0n) is 24.4. The standard InChI is InChI=1S/C36H33ClN2O5/c1-44-31-12-9-25-19-30(11-8-26(25)20-31)39-32-13-10-29(37)18-27(32)21-33(39)35(42)28(16-22-2-3-22)17-23-4-6-24(7-5-23)36(43)38-15-14-34(40)41/h4-13,18-22,28H,2-3,14-17H2,1H3,(H,38,43)(H,40,41). The SMILES string of the molecule is COc1ccc2cc(-n3c(C(=O)C(Cc4ccc(C(=O)NCCC(=O)O)cc4)CC4CC4)cc4cc(Cl)ccc43)ccc2c1. The number of carboxylic acid groups (broad SMARTS) is 1. The quantitative estimate of drug-likeness (QED) is 0.143. The van der Waals surface area contributed by atoms with Gasteiger partial charge in [0.25, 0.3) is 5.91 Å². The largest absolute Gasteiger partial charge is 0.497 e. The van der Waals surface area contributed by atoms with E-state index in [0.717, 1.165) is 57.9 Å². The second kappa shape index (κ2) is 12.5. The van der Waals surface area contributed by atoms with Gasteiger partial charge in [-0.3, -0.25) is 14.4 Å². The van der Waals surface area contributed by atoms with Crippen molar-refractivity contribution in [1.29, 1.82) is 0 Å². The van der Waals surface area contributed by atoms with Crippen LogP contribution in [0.1, 0.15) is 52.1 Å². The third-order valence-electron chi connectivity index (χ3n) is 8.31.